The summed E-state index contributed by atoms with van der Waals surface area (Å²) in [4.78, 5) is 17.8. The second-order valence-electron chi connectivity index (χ2n) is 4.63. The third-order valence-electron chi connectivity index (χ3n) is 3.26. The van der Waals surface area contributed by atoms with Crippen molar-refractivity contribution in [3.63, 3.8) is 0 Å². The van der Waals surface area contributed by atoms with Crippen LogP contribution in [0.25, 0.3) is 10.9 Å². The van der Waals surface area contributed by atoms with Crippen LogP contribution in [0, 0.1) is 0 Å². The Labute approximate surface area is 113 Å². The van der Waals surface area contributed by atoms with Crippen molar-refractivity contribution in [2.24, 2.45) is 0 Å². The fourth-order valence-corrected chi connectivity index (χ4v) is 2.05. The molecule has 0 N–H and O–H groups in total. The number of rotatable bonds is 5. The zero-order chi connectivity index (χ0) is 13.8. The average molecular weight is 258 g/mol. The maximum atomic E-state index is 11.3. The van der Waals surface area contributed by atoms with Crippen molar-refractivity contribution in [3.8, 4) is 0 Å². The Hall–Kier alpha value is -1.94. The molecular weight excluding hydrogens is 240 g/mol. The van der Waals surface area contributed by atoms with Gasteiger partial charge in [-0.05, 0) is 19.1 Å². The summed E-state index contributed by atoms with van der Waals surface area (Å²) in [6, 6.07) is 9.81. The van der Waals surface area contributed by atoms with E-state index in [-0.39, 0.29) is 6.04 Å². The maximum Gasteiger partial charge on any atom is 0.153 e. The molecule has 0 radical (unpaired) electrons. The number of fused-ring (bicyclic) bond motifs is 1. The molecule has 0 saturated heterocycles. The van der Waals surface area contributed by atoms with Crippen molar-refractivity contribution in [1.82, 2.24) is 4.98 Å². The SMILES string of the molecule is COCC(C)N(C)c1nc2ccccc2cc1C=O. The molecule has 0 spiro atoms. The molecule has 100 valence electrons. The lowest BCUT2D eigenvalue weighted by molar-refractivity contribution is 0.112. The van der Waals surface area contributed by atoms with E-state index in [1.165, 1.54) is 0 Å². The van der Waals surface area contributed by atoms with Crippen LogP contribution in [0.3, 0.4) is 0 Å². The molecule has 4 heteroatoms. The topological polar surface area (TPSA) is 42.4 Å². The van der Waals surface area contributed by atoms with E-state index in [1.54, 1.807) is 7.11 Å². The number of carbonyl (C=O) groups is 1. The van der Waals surface area contributed by atoms with Gasteiger partial charge in [0, 0.05) is 19.5 Å². The van der Waals surface area contributed by atoms with Crippen LogP contribution in [-0.4, -0.2) is 38.1 Å². The van der Waals surface area contributed by atoms with Crippen LogP contribution in [0.2, 0.25) is 0 Å². The minimum Gasteiger partial charge on any atom is -0.383 e. The van der Waals surface area contributed by atoms with Crippen LogP contribution in [0.4, 0.5) is 5.82 Å². The molecule has 0 aliphatic rings. The molecular formula is C15H18N2O2. The molecule has 19 heavy (non-hydrogen) atoms. The van der Waals surface area contributed by atoms with Gasteiger partial charge < -0.3 is 9.64 Å². The van der Waals surface area contributed by atoms with E-state index in [9.17, 15) is 4.79 Å². The molecule has 1 heterocycles. The molecule has 2 aromatic rings. The summed E-state index contributed by atoms with van der Waals surface area (Å²) in [5, 5.41) is 0.973. The van der Waals surface area contributed by atoms with Crippen molar-refractivity contribution in [2.45, 2.75) is 13.0 Å². The Kier molecular flexibility index (Phi) is 4.12. The van der Waals surface area contributed by atoms with Gasteiger partial charge in [-0.2, -0.15) is 0 Å². The third kappa shape index (κ3) is 2.74. The number of nitrogens with zero attached hydrogens (tertiary/aromatic N) is 2. The standard InChI is InChI=1S/C15H18N2O2/c1-11(10-19-3)17(2)15-13(9-18)8-12-6-4-5-7-14(12)16-15/h4-9,11H,10H2,1-3H3. The number of aldehydes is 1. The molecule has 0 bridgehead atoms. The first kappa shape index (κ1) is 13.5. The first-order chi connectivity index (χ1) is 9.17. The highest BCUT2D eigenvalue weighted by molar-refractivity contribution is 5.91. The lowest BCUT2D eigenvalue weighted by atomic mass is 10.1. The molecule has 0 aliphatic carbocycles. The maximum absolute atomic E-state index is 11.3. The molecule has 1 atom stereocenters. The Morgan fingerprint density at radius 1 is 1.42 bits per heavy atom. The van der Waals surface area contributed by atoms with E-state index in [0.717, 1.165) is 17.2 Å². The van der Waals surface area contributed by atoms with E-state index in [1.807, 2.05) is 49.2 Å². The number of aromatic nitrogens is 1. The summed E-state index contributed by atoms with van der Waals surface area (Å²) in [6.07, 6.45) is 0.852. The van der Waals surface area contributed by atoms with Gasteiger partial charge in [0.15, 0.2) is 6.29 Å². The summed E-state index contributed by atoms with van der Waals surface area (Å²) in [5.74, 6) is 0.693. The normalized spacial score (nSPS) is 12.4. The monoisotopic (exact) mass is 258 g/mol. The molecule has 0 amide bonds. The molecule has 1 aromatic carbocycles. The highest BCUT2D eigenvalue weighted by atomic mass is 16.5. The first-order valence-corrected chi connectivity index (χ1v) is 6.24. The largest absolute Gasteiger partial charge is 0.383 e. The Morgan fingerprint density at radius 3 is 2.84 bits per heavy atom. The highest BCUT2D eigenvalue weighted by Gasteiger charge is 2.15. The Balaban J connectivity index is 2.48. The molecule has 4 nitrogen and oxygen atoms in total. The van der Waals surface area contributed by atoms with Crippen molar-refractivity contribution in [3.05, 3.63) is 35.9 Å². The number of para-hydroxylation sites is 1. The minimum atomic E-state index is 0.150. The van der Waals surface area contributed by atoms with Crippen LogP contribution < -0.4 is 4.90 Å². The fraction of sp³-hybridized carbons (Fsp3) is 0.333. The van der Waals surface area contributed by atoms with Gasteiger partial charge in [-0.25, -0.2) is 4.98 Å². The van der Waals surface area contributed by atoms with Crippen molar-refractivity contribution in [2.75, 3.05) is 25.7 Å². The van der Waals surface area contributed by atoms with Gasteiger partial charge in [-0.3, -0.25) is 4.79 Å². The average Bonchev–Trinajstić information content (AvgIpc) is 2.45. The molecule has 1 aromatic heterocycles. The zero-order valence-corrected chi connectivity index (χ0v) is 11.5. The van der Waals surface area contributed by atoms with Crippen LogP contribution in [-0.2, 0) is 4.74 Å². The lowest BCUT2D eigenvalue weighted by Crippen LogP contribution is -2.34. The quantitative estimate of drug-likeness (QED) is 0.773. The number of pyridine rings is 1. The van der Waals surface area contributed by atoms with E-state index in [4.69, 9.17) is 4.74 Å². The van der Waals surface area contributed by atoms with E-state index in [2.05, 4.69) is 4.98 Å². The van der Waals surface area contributed by atoms with Gasteiger partial charge in [0.2, 0.25) is 0 Å². The number of carbonyl (C=O) groups excluding carboxylic acids is 1. The zero-order valence-electron chi connectivity index (χ0n) is 11.5. The minimum absolute atomic E-state index is 0.150. The Bertz CT molecular complexity index is 583. The van der Waals surface area contributed by atoms with E-state index < -0.39 is 0 Å². The highest BCUT2D eigenvalue weighted by Crippen LogP contribution is 2.22. The summed E-state index contributed by atoms with van der Waals surface area (Å²) in [5.41, 5.74) is 1.49. The molecule has 2 rings (SSSR count). The van der Waals surface area contributed by atoms with Gasteiger partial charge in [0.25, 0.3) is 0 Å². The number of hydrogen-bond donors (Lipinski definition) is 0. The fourth-order valence-electron chi connectivity index (χ4n) is 2.05. The summed E-state index contributed by atoms with van der Waals surface area (Å²) < 4.78 is 5.15. The number of likely N-dealkylation sites (N-methyl/N-ethyl adjacent to an activating group) is 1. The molecule has 1 unspecified atom stereocenters. The van der Waals surface area contributed by atoms with Crippen LogP contribution in [0.1, 0.15) is 17.3 Å². The third-order valence-corrected chi connectivity index (χ3v) is 3.26. The van der Waals surface area contributed by atoms with Gasteiger partial charge >= 0.3 is 0 Å². The second-order valence-corrected chi connectivity index (χ2v) is 4.63. The van der Waals surface area contributed by atoms with Crippen LogP contribution in [0.15, 0.2) is 30.3 Å². The summed E-state index contributed by atoms with van der Waals surface area (Å²) >= 11 is 0. The number of benzene rings is 1. The summed E-state index contributed by atoms with van der Waals surface area (Å²) in [6.45, 7) is 2.62. The van der Waals surface area contributed by atoms with Gasteiger partial charge in [-0.15, -0.1) is 0 Å². The molecule has 0 fully saturated rings. The molecule has 0 saturated carbocycles. The van der Waals surface area contributed by atoms with Gasteiger partial charge in [0.05, 0.1) is 23.7 Å². The predicted octanol–water partition coefficient (Wildman–Crippen LogP) is 2.52. The lowest BCUT2D eigenvalue weighted by Gasteiger charge is -2.26. The number of ether oxygens (including phenoxy) is 1. The number of hydrogen-bond acceptors (Lipinski definition) is 4. The smallest absolute Gasteiger partial charge is 0.153 e. The summed E-state index contributed by atoms with van der Waals surface area (Å²) in [7, 11) is 3.59. The van der Waals surface area contributed by atoms with Gasteiger partial charge in [0.1, 0.15) is 5.82 Å². The predicted molar refractivity (Wildman–Crippen MR) is 76.9 cm³/mol. The number of methoxy groups -OCH3 is 1. The van der Waals surface area contributed by atoms with Crippen molar-refractivity contribution >= 4 is 23.0 Å². The van der Waals surface area contributed by atoms with E-state index >= 15 is 0 Å². The second kappa shape index (κ2) is 5.80. The number of anilines is 1. The van der Waals surface area contributed by atoms with Gasteiger partial charge in [-0.1, -0.05) is 18.2 Å². The molecule has 0 aliphatic heterocycles. The first-order valence-electron chi connectivity index (χ1n) is 6.24. The Morgan fingerprint density at radius 2 is 2.16 bits per heavy atom. The van der Waals surface area contributed by atoms with Crippen LogP contribution in [0.5, 0.6) is 0 Å². The van der Waals surface area contributed by atoms with Crippen LogP contribution >= 0.6 is 0 Å². The van der Waals surface area contributed by atoms with Crippen molar-refractivity contribution in [1.29, 1.82) is 0 Å². The van der Waals surface area contributed by atoms with E-state index in [0.29, 0.717) is 18.0 Å². The van der Waals surface area contributed by atoms with Crippen molar-refractivity contribution < 1.29 is 9.53 Å².